The minimum Gasteiger partial charge on any atom is -0.497 e. The zero-order valence-electron chi connectivity index (χ0n) is 18.3. The van der Waals surface area contributed by atoms with E-state index in [1.54, 1.807) is 61.4 Å². The third-order valence-corrected chi connectivity index (χ3v) is 5.11. The quantitative estimate of drug-likeness (QED) is 0.579. The van der Waals surface area contributed by atoms with Crippen molar-refractivity contribution in [1.29, 1.82) is 0 Å². The van der Waals surface area contributed by atoms with Crippen molar-refractivity contribution in [2.24, 2.45) is 0 Å². The topological polar surface area (TPSA) is 99.8 Å². The Balaban J connectivity index is 1.55. The third-order valence-electron chi connectivity index (χ3n) is 5.11. The molecular formula is C24H28N4O4. The molecule has 2 aromatic rings. The predicted octanol–water partition coefficient (Wildman–Crippen LogP) is 3.48. The third kappa shape index (κ3) is 6.34. The van der Waals surface area contributed by atoms with Gasteiger partial charge in [0.25, 0.3) is 0 Å². The first kappa shape index (κ1) is 22.9. The molecule has 0 saturated carbocycles. The molecule has 1 aliphatic rings. The molecule has 1 unspecified atom stereocenters. The van der Waals surface area contributed by atoms with Crippen LogP contribution in [0.25, 0.3) is 6.08 Å². The van der Waals surface area contributed by atoms with Crippen molar-refractivity contribution in [2.45, 2.75) is 25.8 Å². The van der Waals surface area contributed by atoms with E-state index in [0.29, 0.717) is 11.4 Å². The molecule has 0 bridgehead atoms. The first-order valence-electron chi connectivity index (χ1n) is 10.5. The van der Waals surface area contributed by atoms with Gasteiger partial charge in [0, 0.05) is 19.2 Å². The normalized spacial score (nSPS) is 14.1. The van der Waals surface area contributed by atoms with Gasteiger partial charge >= 0.3 is 6.03 Å². The molecule has 1 atom stereocenters. The molecule has 0 radical (unpaired) electrons. The molecule has 1 saturated heterocycles. The Kier molecular flexibility index (Phi) is 7.85. The van der Waals surface area contributed by atoms with E-state index in [9.17, 15) is 14.4 Å². The summed E-state index contributed by atoms with van der Waals surface area (Å²) in [7, 11) is 1.59. The molecule has 8 nitrogen and oxygen atoms in total. The summed E-state index contributed by atoms with van der Waals surface area (Å²) in [4.78, 5) is 38.9. The fourth-order valence-corrected chi connectivity index (χ4v) is 3.27. The van der Waals surface area contributed by atoms with E-state index in [1.807, 2.05) is 12.1 Å². The van der Waals surface area contributed by atoms with Crippen molar-refractivity contribution >= 4 is 35.3 Å². The van der Waals surface area contributed by atoms with Gasteiger partial charge in [0.2, 0.25) is 11.8 Å². The van der Waals surface area contributed by atoms with E-state index in [0.717, 1.165) is 37.2 Å². The zero-order valence-corrected chi connectivity index (χ0v) is 18.3. The molecule has 3 N–H and O–H groups in total. The molecule has 2 aromatic carbocycles. The number of urea groups is 1. The maximum absolute atomic E-state index is 12.6. The number of carbonyl (C=O) groups excluding carboxylic acids is 3. The summed E-state index contributed by atoms with van der Waals surface area (Å²) in [6.07, 6.45) is 5.02. The van der Waals surface area contributed by atoms with Gasteiger partial charge in [-0.1, -0.05) is 24.3 Å². The van der Waals surface area contributed by atoms with Crippen LogP contribution in [0.5, 0.6) is 5.75 Å². The Labute approximate surface area is 187 Å². The number of amides is 4. The Bertz CT molecular complexity index is 982. The van der Waals surface area contributed by atoms with E-state index in [1.165, 1.54) is 6.08 Å². The second-order valence-corrected chi connectivity index (χ2v) is 7.50. The lowest BCUT2D eigenvalue weighted by Crippen LogP contribution is -2.41. The lowest BCUT2D eigenvalue weighted by Gasteiger charge is -2.19. The first-order chi connectivity index (χ1) is 15.5. The number of rotatable bonds is 7. The molecular weight excluding hydrogens is 408 g/mol. The molecule has 32 heavy (non-hydrogen) atoms. The summed E-state index contributed by atoms with van der Waals surface area (Å²) in [6.45, 7) is 3.06. The van der Waals surface area contributed by atoms with Crippen LogP contribution in [-0.2, 0) is 9.59 Å². The smallest absolute Gasteiger partial charge is 0.321 e. The molecule has 1 aliphatic heterocycles. The second kappa shape index (κ2) is 11.0. The van der Waals surface area contributed by atoms with Crippen LogP contribution in [0.1, 0.15) is 25.3 Å². The molecule has 168 valence electrons. The van der Waals surface area contributed by atoms with Crippen LogP contribution < -0.4 is 20.7 Å². The van der Waals surface area contributed by atoms with Gasteiger partial charge in [-0.2, -0.15) is 0 Å². The number of ether oxygens (including phenoxy) is 1. The van der Waals surface area contributed by atoms with Crippen LogP contribution in [0, 0.1) is 0 Å². The largest absolute Gasteiger partial charge is 0.497 e. The monoisotopic (exact) mass is 436 g/mol. The van der Waals surface area contributed by atoms with Crippen LogP contribution in [0.15, 0.2) is 54.6 Å². The summed E-state index contributed by atoms with van der Waals surface area (Å²) < 4.78 is 5.10. The molecule has 3 rings (SSSR count). The van der Waals surface area contributed by atoms with Crippen molar-refractivity contribution in [1.82, 2.24) is 10.2 Å². The number of benzene rings is 2. The fraction of sp³-hybridized carbons (Fsp3) is 0.292. The fourth-order valence-electron chi connectivity index (χ4n) is 3.27. The standard InChI is InChI=1S/C24H28N4O4/c1-17(25-22(29)14-11-18-9-12-19(32-2)13-10-18)23(30)26-20-7-3-4-8-21(20)27-24(31)28-15-5-6-16-28/h3-4,7-14,17H,5-6,15-16H2,1-2H3,(H,25,29)(H,26,30)(H,27,31). The highest BCUT2D eigenvalue weighted by Crippen LogP contribution is 2.22. The minimum atomic E-state index is -0.773. The number of hydrogen-bond acceptors (Lipinski definition) is 4. The molecule has 0 aromatic heterocycles. The van der Waals surface area contributed by atoms with Crippen LogP contribution in [0.3, 0.4) is 0 Å². The zero-order chi connectivity index (χ0) is 22.9. The van der Waals surface area contributed by atoms with Gasteiger partial charge in [-0.05, 0) is 55.7 Å². The van der Waals surface area contributed by atoms with Gasteiger partial charge in [-0.15, -0.1) is 0 Å². The number of nitrogens with zero attached hydrogens (tertiary/aromatic N) is 1. The number of likely N-dealkylation sites (tertiary alicyclic amines) is 1. The molecule has 0 spiro atoms. The van der Waals surface area contributed by atoms with Gasteiger partial charge in [0.05, 0.1) is 18.5 Å². The number of hydrogen-bond donors (Lipinski definition) is 3. The van der Waals surface area contributed by atoms with Gasteiger partial charge in [0.15, 0.2) is 0 Å². The summed E-state index contributed by atoms with van der Waals surface area (Å²) >= 11 is 0. The molecule has 1 heterocycles. The van der Waals surface area contributed by atoms with Crippen molar-refractivity contribution in [3.63, 3.8) is 0 Å². The Morgan fingerprint density at radius 1 is 0.969 bits per heavy atom. The summed E-state index contributed by atoms with van der Waals surface area (Å²) in [5.41, 5.74) is 1.82. The van der Waals surface area contributed by atoms with E-state index < -0.39 is 6.04 Å². The number of anilines is 2. The van der Waals surface area contributed by atoms with E-state index in [2.05, 4.69) is 16.0 Å². The lowest BCUT2D eigenvalue weighted by molar-refractivity contribution is -0.123. The van der Waals surface area contributed by atoms with Gasteiger partial charge in [0.1, 0.15) is 11.8 Å². The number of para-hydroxylation sites is 2. The van der Waals surface area contributed by atoms with Crippen LogP contribution >= 0.6 is 0 Å². The van der Waals surface area contributed by atoms with Crippen LogP contribution in [0.4, 0.5) is 16.2 Å². The summed E-state index contributed by atoms with van der Waals surface area (Å²) in [6, 6.07) is 13.3. The maximum atomic E-state index is 12.6. The average molecular weight is 437 g/mol. The average Bonchev–Trinajstić information content (AvgIpc) is 3.34. The van der Waals surface area contributed by atoms with Gasteiger partial charge in [-0.25, -0.2) is 4.79 Å². The molecule has 0 aliphatic carbocycles. The van der Waals surface area contributed by atoms with E-state index >= 15 is 0 Å². The predicted molar refractivity (Wildman–Crippen MR) is 125 cm³/mol. The molecule has 8 heteroatoms. The lowest BCUT2D eigenvalue weighted by atomic mass is 10.2. The van der Waals surface area contributed by atoms with E-state index in [-0.39, 0.29) is 17.8 Å². The Morgan fingerprint density at radius 2 is 1.59 bits per heavy atom. The van der Waals surface area contributed by atoms with E-state index in [4.69, 9.17) is 4.74 Å². The number of carbonyl (C=O) groups is 3. The van der Waals surface area contributed by atoms with Gasteiger partial charge < -0.3 is 25.6 Å². The van der Waals surface area contributed by atoms with Crippen molar-refractivity contribution < 1.29 is 19.1 Å². The van der Waals surface area contributed by atoms with Crippen molar-refractivity contribution in [3.05, 3.63) is 60.2 Å². The first-order valence-corrected chi connectivity index (χ1v) is 10.5. The molecule has 1 fully saturated rings. The van der Waals surface area contributed by atoms with Crippen molar-refractivity contribution in [3.8, 4) is 5.75 Å². The summed E-state index contributed by atoms with van der Waals surface area (Å²) in [5.74, 6) is -0.0491. The highest BCUT2D eigenvalue weighted by molar-refractivity contribution is 6.03. The summed E-state index contributed by atoms with van der Waals surface area (Å²) in [5, 5.41) is 8.26. The number of methoxy groups -OCH3 is 1. The maximum Gasteiger partial charge on any atom is 0.321 e. The van der Waals surface area contributed by atoms with Gasteiger partial charge in [-0.3, -0.25) is 9.59 Å². The second-order valence-electron chi connectivity index (χ2n) is 7.50. The Hall–Kier alpha value is -3.81. The van der Waals surface area contributed by atoms with Crippen molar-refractivity contribution in [2.75, 3.05) is 30.8 Å². The van der Waals surface area contributed by atoms with Crippen LogP contribution in [-0.4, -0.2) is 49.0 Å². The van der Waals surface area contributed by atoms with Crippen LogP contribution in [0.2, 0.25) is 0 Å². The highest BCUT2D eigenvalue weighted by Gasteiger charge is 2.20. The minimum absolute atomic E-state index is 0.186. The SMILES string of the molecule is COc1ccc(C=CC(=O)NC(C)C(=O)Nc2ccccc2NC(=O)N2CCCC2)cc1. The molecule has 4 amide bonds. The number of nitrogens with one attached hydrogen (secondary N) is 3. The highest BCUT2D eigenvalue weighted by atomic mass is 16.5. The Morgan fingerprint density at radius 3 is 2.22 bits per heavy atom.